The molecule has 2 aromatic heterocycles. The third-order valence-corrected chi connectivity index (χ3v) is 7.21. The summed E-state index contributed by atoms with van der Waals surface area (Å²) in [5.41, 5.74) is 4.25. The Morgan fingerprint density at radius 3 is 2.76 bits per heavy atom. The van der Waals surface area contributed by atoms with Gasteiger partial charge in [0.15, 0.2) is 0 Å². The molecule has 0 aliphatic rings. The number of carbonyl (C=O) groups is 1. The zero-order chi connectivity index (χ0) is 23.4. The number of ether oxygens (including phenoxy) is 1. The first-order valence-electron chi connectivity index (χ1n) is 10.8. The summed E-state index contributed by atoms with van der Waals surface area (Å²) in [5.74, 6) is 1.35. The Morgan fingerprint density at radius 1 is 1.27 bits per heavy atom. The van der Waals surface area contributed by atoms with Gasteiger partial charge in [-0.25, -0.2) is 9.78 Å². The summed E-state index contributed by atoms with van der Waals surface area (Å²) in [5, 5.41) is 11.6. The number of imidazole rings is 1. The van der Waals surface area contributed by atoms with E-state index in [4.69, 9.17) is 4.74 Å². The summed E-state index contributed by atoms with van der Waals surface area (Å²) in [4.78, 5) is 17.2. The molecule has 4 aromatic rings. The van der Waals surface area contributed by atoms with E-state index in [0.29, 0.717) is 27.9 Å². The van der Waals surface area contributed by atoms with E-state index in [1.54, 1.807) is 31.2 Å². The van der Waals surface area contributed by atoms with Crippen molar-refractivity contribution in [1.29, 1.82) is 0 Å². The first-order valence-corrected chi connectivity index (χ1v) is 12.7. The van der Waals surface area contributed by atoms with Gasteiger partial charge in [-0.05, 0) is 46.7 Å². The zero-order valence-electron chi connectivity index (χ0n) is 18.6. The van der Waals surface area contributed by atoms with Crippen LogP contribution < -0.4 is 0 Å². The molecule has 6 nitrogen and oxygen atoms in total. The second-order valence-corrected chi connectivity index (χ2v) is 9.66. The maximum atomic E-state index is 13.1. The standard InChI is InChI=1S/C25H26BrN3O3S/c1-3-32-25(31)23-21(15-33-12-9-17-7-5-4-6-8-17)28(2)20-13-19(26)24(30)18(22(20)23)14-29-11-10-27-16-29/h4-8,10-11,13,16,30H,3,9,12,14-15H2,1-2H3. The van der Waals surface area contributed by atoms with Crippen LogP contribution in [-0.2, 0) is 30.5 Å². The van der Waals surface area contributed by atoms with Gasteiger partial charge < -0.3 is 19.0 Å². The molecule has 8 heteroatoms. The number of fused-ring (bicyclic) bond motifs is 1. The number of aromatic nitrogens is 3. The number of aryl methyl sites for hydroxylation is 2. The molecule has 0 saturated carbocycles. The largest absolute Gasteiger partial charge is 0.506 e. The van der Waals surface area contributed by atoms with Crippen LogP contribution in [0, 0.1) is 0 Å². The van der Waals surface area contributed by atoms with Crippen molar-refractivity contribution in [3.63, 3.8) is 0 Å². The lowest BCUT2D eigenvalue weighted by Gasteiger charge is -2.11. The highest BCUT2D eigenvalue weighted by Gasteiger charge is 2.27. The molecule has 172 valence electrons. The fraction of sp³-hybridized carbons (Fsp3) is 0.280. The van der Waals surface area contributed by atoms with Crippen molar-refractivity contribution >= 4 is 44.6 Å². The van der Waals surface area contributed by atoms with Gasteiger partial charge in [-0.3, -0.25) is 0 Å². The number of hydrogen-bond acceptors (Lipinski definition) is 5. The quantitative estimate of drug-likeness (QED) is 0.228. The summed E-state index contributed by atoms with van der Waals surface area (Å²) in [6.07, 6.45) is 6.18. The van der Waals surface area contributed by atoms with Gasteiger partial charge in [-0.1, -0.05) is 30.3 Å². The average molecular weight is 528 g/mol. The monoisotopic (exact) mass is 527 g/mol. The van der Waals surface area contributed by atoms with Crippen molar-refractivity contribution < 1.29 is 14.6 Å². The van der Waals surface area contributed by atoms with Crippen LogP contribution in [0.25, 0.3) is 10.9 Å². The number of phenolic OH excluding ortho intramolecular Hbond substituents is 1. The Morgan fingerprint density at radius 2 is 2.06 bits per heavy atom. The number of phenols is 1. The third kappa shape index (κ3) is 4.96. The Labute approximate surface area is 205 Å². The number of thioether (sulfide) groups is 1. The van der Waals surface area contributed by atoms with E-state index in [9.17, 15) is 9.90 Å². The van der Waals surface area contributed by atoms with Crippen molar-refractivity contribution in [2.24, 2.45) is 7.05 Å². The molecular formula is C25H26BrN3O3S. The first-order chi connectivity index (χ1) is 16.0. The molecule has 0 spiro atoms. The molecule has 1 N–H and O–H groups in total. The number of aromatic hydroxyl groups is 1. The molecule has 0 unspecified atom stereocenters. The smallest absolute Gasteiger partial charge is 0.340 e. The number of carbonyl (C=O) groups excluding carboxylic acids is 1. The molecule has 0 bridgehead atoms. The van der Waals surface area contributed by atoms with E-state index in [1.165, 1.54) is 5.56 Å². The number of esters is 1. The molecule has 4 rings (SSSR count). The summed E-state index contributed by atoms with van der Waals surface area (Å²) >= 11 is 5.27. The lowest BCUT2D eigenvalue weighted by Crippen LogP contribution is -2.09. The Bertz CT molecular complexity index is 1250. The van der Waals surface area contributed by atoms with Crippen LogP contribution in [-0.4, -0.2) is 37.6 Å². The van der Waals surface area contributed by atoms with E-state index < -0.39 is 0 Å². The van der Waals surface area contributed by atoms with Crippen LogP contribution in [0.5, 0.6) is 5.75 Å². The highest BCUT2D eigenvalue weighted by molar-refractivity contribution is 9.10. The SMILES string of the molecule is CCOC(=O)c1c(CSCCc2ccccc2)n(C)c2cc(Br)c(O)c(Cn3ccnc3)c12. The van der Waals surface area contributed by atoms with E-state index in [1.807, 2.05) is 34.5 Å². The summed E-state index contributed by atoms with van der Waals surface area (Å²) in [6, 6.07) is 12.2. The maximum Gasteiger partial charge on any atom is 0.340 e. The fourth-order valence-corrected chi connectivity index (χ4v) is 5.50. The van der Waals surface area contributed by atoms with Crippen molar-refractivity contribution in [1.82, 2.24) is 14.1 Å². The minimum absolute atomic E-state index is 0.121. The lowest BCUT2D eigenvalue weighted by molar-refractivity contribution is 0.0527. The highest BCUT2D eigenvalue weighted by Crippen LogP contribution is 2.40. The zero-order valence-corrected chi connectivity index (χ0v) is 21.0. The Hall–Kier alpha value is -2.71. The van der Waals surface area contributed by atoms with Gasteiger partial charge in [0, 0.05) is 41.8 Å². The van der Waals surface area contributed by atoms with Gasteiger partial charge in [-0.15, -0.1) is 0 Å². The van der Waals surface area contributed by atoms with Gasteiger partial charge in [0.1, 0.15) is 5.75 Å². The number of rotatable bonds is 9. The van der Waals surface area contributed by atoms with Crippen LogP contribution >= 0.6 is 27.7 Å². The van der Waals surface area contributed by atoms with Crippen LogP contribution in [0.2, 0.25) is 0 Å². The lowest BCUT2D eigenvalue weighted by atomic mass is 10.0. The number of hydrogen-bond donors (Lipinski definition) is 1. The van der Waals surface area contributed by atoms with E-state index in [0.717, 1.165) is 28.8 Å². The van der Waals surface area contributed by atoms with Crippen molar-refractivity contribution in [2.75, 3.05) is 12.4 Å². The second-order valence-electron chi connectivity index (χ2n) is 7.70. The molecule has 2 aromatic carbocycles. The van der Waals surface area contributed by atoms with Crippen LogP contribution in [0.15, 0.2) is 59.6 Å². The molecule has 0 radical (unpaired) electrons. The molecule has 0 aliphatic heterocycles. The van der Waals surface area contributed by atoms with Crippen LogP contribution in [0.4, 0.5) is 0 Å². The van der Waals surface area contributed by atoms with Crippen LogP contribution in [0.3, 0.4) is 0 Å². The van der Waals surface area contributed by atoms with E-state index >= 15 is 0 Å². The van der Waals surface area contributed by atoms with Crippen molar-refractivity contribution in [2.45, 2.75) is 25.6 Å². The van der Waals surface area contributed by atoms with Gasteiger partial charge >= 0.3 is 5.97 Å². The minimum Gasteiger partial charge on any atom is -0.506 e. The molecule has 0 aliphatic carbocycles. The van der Waals surface area contributed by atoms with Gasteiger partial charge in [0.25, 0.3) is 0 Å². The van der Waals surface area contributed by atoms with Crippen molar-refractivity contribution in [3.8, 4) is 5.75 Å². The third-order valence-electron chi connectivity index (χ3n) is 5.63. The summed E-state index contributed by atoms with van der Waals surface area (Å²) in [7, 11) is 1.96. The number of benzene rings is 2. The van der Waals surface area contributed by atoms with Gasteiger partial charge in [0.05, 0.1) is 35.0 Å². The van der Waals surface area contributed by atoms with Gasteiger partial charge in [-0.2, -0.15) is 11.8 Å². The molecule has 0 amide bonds. The minimum atomic E-state index is -0.365. The van der Waals surface area contributed by atoms with Crippen molar-refractivity contribution in [3.05, 3.63) is 82.0 Å². The number of halogens is 1. The Balaban J connectivity index is 1.74. The fourth-order valence-electron chi connectivity index (χ4n) is 3.99. The predicted octanol–water partition coefficient (Wildman–Crippen LogP) is 5.54. The average Bonchev–Trinajstić information content (AvgIpc) is 3.42. The topological polar surface area (TPSA) is 69.3 Å². The van der Waals surface area contributed by atoms with E-state index in [-0.39, 0.29) is 18.3 Å². The number of nitrogens with zero attached hydrogens (tertiary/aromatic N) is 3. The highest BCUT2D eigenvalue weighted by atomic mass is 79.9. The Kier molecular flexibility index (Phi) is 7.45. The molecule has 2 heterocycles. The predicted molar refractivity (Wildman–Crippen MR) is 136 cm³/mol. The molecule has 0 fully saturated rings. The van der Waals surface area contributed by atoms with E-state index in [2.05, 4.69) is 45.2 Å². The first kappa shape index (κ1) is 23.4. The molecular weight excluding hydrogens is 502 g/mol. The summed E-state index contributed by atoms with van der Waals surface area (Å²) in [6.45, 7) is 2.48. The molecule has 0 saturated heterocycles. The maximum absolute atomic E-state index is 13.1. The summed E-state index contributed by atoms with van der Waals surface area (Å²) < 4.78 is 9.95. The van der Waals surface area contributed by atoms with Gasteiger partial charge in [0.2, 0.25) is 0 Å². The second kappa shape index (κ2) is 10.5. The van der Waals surface area contributed by atoms with Crippen LogP contribution in [0.1, 0.15) is 34.1 Å². The normalized spacial score (nSPS) is 11.2. The molecule has 33 heavy (non-hydrogen) atoms. The molecule has 0 atom stereocenters.